The second kappa shape index (κ2) is 8.72. The Bertz CT molecular complexity index is 764. The first-order valence-corrected chi connectivity index (χ1v) is 8.81. The maximum absolute atomic E-state index is 12.0. The third-order valence-corrected chi connectivity index (χ3v) is 4.23. The van der Waals surface area contributed by atoms with E-state index in [0.29, 0.717) is 33.7 Å². The number of aromatic amines is 1. The Kier molecular flexibility index (Phi) is 6.65. The Morgan fingerprint density at radius 1 is 1.36 bits per heavy atom. The zero-order valence-electron chi connectivity index (χ0n) is 14.1. The van der Waals surface area contributed by atoms with E-state index < -0.39 is 0 Å². The van der Waals surface area contributed by atoms with E-state index in [1.54, 1.807) is 32.3 Å². The number of nitrogens with one attached hydrogen (secondary N) is 3. The van der Waals surface area contributed by atoms with Crippen LogP contribution < -0.4 is 10.6 Å². The maximum atomic E-state index is 12.0. The highest BCUT2D eigenvalue weighted by Crippen LogP contribution is 2.21. The number of amides is 3. The second-order valence-corrected chi connectivity index (χ2v) is 6.80. The smallest absolute Gasteiger partial charge is 0.319 e. The fourth-order valence-corrected chi connectivity index (χ4v) is 2.77. The maximum Gasteiger partial charge on any atom is 0.319 e. The molecule has 0 bridgehead atoms. The van der Waals surface area contributed by atoms with Gasteiger partial charge in [-0.15, -0.1) is 5.10 Å². The number of rotatable bonds is 6. The van der Waals surface area contributed by atoms with Gasteiger partial charge in [-0.25, -0.2) is 9.78 Å². The Hall–Kier alpha value is -2.26. The van der Waals surface area contributed by atoms with Crippen LogP contribution in [0, 0.1) is 6.92 Å². The van der Waals surface area contributed by atoms with Crippen molar-refractivity contribution in [1.82, 2.24) is 25.4 Å². The number of benzene rings is 1. The van der Waals surface area contributed by atoms with Gasteiger partial charge in [0.25, 0.3) is 5.91 Å². The summed E-state index contributed by atoms with van der Waals surface area (Å²) in [5.41, 5.74) is 0.823. The molecule has 8 nitrogen and oxygen atoms in total. The van der Waals surface area contributed by atoms with Gasteiger partial charge in [0.05, 0.1) is 10.6 Å². The summed E-state index contributed by atoms with van der Waals surface area (Å²) in [7, 11) is 3.28. The predicted octanol–water partition coefficient (Wildman–Crippen LogP) is 2.38. The van der Waals surface area contributed by atoms with Gasteiger partial charge in [-0.2, -0.15) is 0 Å². The van der Waals surface area contributed by atoms with Crippen LogP contribution in [0.4, 0.5) is 10.5 Å². The van der Waals surface area contributed by atoms with Crippen LogP contribution in [-0.2, 0) is 0 Å². The van der Waals surface area contributed by atoms with Gasteiger partial charge in [0, 0.05) is 32.1 Å². The van der Waals surface area contributed by atoms with E-state index in [1.807, 2.05) is 6.92 Å². The largest absolute Gasteiger partial charge is 0.345 e. The number of nitrogens with zero attached hydrogens (tertiary/aromatic N) is 3. The van der Waals surface area contributed by atoms with E-state index in [-0.39, 0.29) is 11.9 Å². The first-order valence-electron chi connectivity index (χ1n) is 7.44. The topological polar surface area (TPSA) is 103 Å². The van der Waals surface area contributed by atoms with Crippen LogP contribution in [-0.4, -0.2) is 58.4 Å². The standard InChI is InChI=1S/C15H19ClN6O2S/c1-9-18-15(21-20-9)25-7-6-17-14(24)19-10-4-5-12(16)11(8-10)13(23)22(2)3/h4-5,8H,6-7H2,1-3H3,(H2,17,19,24)(H,18,20,21). The van der Waals surface area contributed by atoms with Gasteiger partial charge < -0.3 is 15.5 Å². The molecule has 3 amide bonds. The Morgan fingerprint density at radius 3 is 2.76 bits per heavy atom. The Labute approximate surface area is 154 Å². The van der Waals surface area contributed by atoms with Crippen LogP contribution in [0.15, 0.2) is 23.4 Å². The molecule has 1 heterocycles. The van der Waals surface area contributed by atoms with Crippen molar-refractivity contribution in [3.8, 4) is 0 Å². The number of aryl methyl sites for hydroxylation is 1. The summed E-state index contributed by atoms with van der Waals surface area (Å²) in [6.45, 7) is 2.27. The van der Waals surface area contributed by atoms with Crippen LogP contribution in [0.1, 0.15) is 16.2 Å². The molecular weight excluding hydrogens is 364 g/mol. The molecule has 3 N–H and O–H groups in total. The number of aromatic nitrogens is 3. The van der Waals surface area contributed by atoms with Gasteiger partial charge in [-0.3, -0.25) is 9.89 Å². The average molecular weight is 383 g/mol. The number of anilines is 1. The molecule has 2 rings (SSSR count). The molecule has 2 aromatic rings. The van der Waals surface area contributed by atoms with E-state index in [4.69, 9.17) is 11.6 Å². The molecule has 1 aromatic carbocycles. The number of carbonyl (C=O) groups is 2. The molecule has 0 atom stereocenters. The van der Waals surface area contributed by atoms with Crippen molar-refractivity contribution >= 4 is 41.0 Å². The van der Waals surface area contributed by atoms with Gasteiger partial charge in [0.2, 0.25) is 5.16 Å². The number of halogens is 1. The molecule has 10 heteroatoms. The minimum absolute atomic E-state index is 0.229. The SMILES string of the molecule is Cc1nc(SCCNC(=O)Nc2ccc(Cl)c(C(=O)N(C)C)c2)n[nH]1. The third-order valence-electron chi connectivity index (χ3n) is 3.06. The van der Waals surface area contributed by atoms with Gasteiger partial charge in [-0.1, -0.05) is 23.4 Å². The van der Waals surface area contributed by atoms with Crippen molar-refractivity contribution in [1.29, 1.82) is 0 Å². The van der Waals surface area contributed by atoms with E-state index in [9.17, 15) is 9.59 Å². The zero-order chi connectivity index (χ0) is 18.4. The molecule has 0 fully saturated rings. The van der Waals surface area contributed by atoms with Gasteiger partial charge in [-0.05, 0) is 25.1 Å². The van der Waals surface area contributed by atoms with E-state index >= 15 is 0 Å². The molecule has 0 saturated carbocycles. The minimum Gasteiger partial charge on any atom is -0.345 e. The van der Waals surface area contributed by atoms with E-state index in [0.717, 1.165) is 5.82 Å². The van der Waals surface area contributed by atoms with Crippen molar-refractivity contribution in [3.05, 3.63) is 34.6 Å². The number of hydrogen-bond donors (Lipinski definition) is 3. The zero-order valence-corrected chi connectivity index (χ0v) is 15.7. The first-order chi connectivity index (χ1) is 11.9. The lowest BCUT2D eigenvalue weighted by molar-refractivity contribution is 0.0828. The average Bonchev–Trinajstić information content (AvgIpc) is 2.98. The summed E-state index contributed by atoms with van der Waals surface area (Å²) < 4.78 is 0. The van der Waals surface area contributed by atoms with Crippen molar-refractivity contribution in [3.63, 3.8) is 0 Å². The van der Waals surface area contributed by atoms with Crippen LogP contribution in [0.2, 0.25) is 5.02 Å². The number of hydrogen-bond acceptors (Lipinski definition) is 5. The van der Waals surface area contributed by atoms with Crippen LogP contribution in [0.3, 0.4) is 0 Å². The molecule has 0 unspecified atom stereocenters. The van der Waals surface area contributed by atoms with E-state index in [2.05, 4.69) is 25.8 Å². The van der Waals surface area contributed by atoms with E-state index in [1.165, 1.54) is 16.7 Å². The molecule has 0 radical (unpaired) electrons. The summed E-state index contributed by atoms with van der Waals surface area (Å²) in [5, 5.41) is 13.1. The first kappa shape index (κ1) is 19.1. The summed E-state index contributed by atoms with van der Waals surface area (Å²) in [6.07, 6.45) is 0. The highest BCUT2D eigenvalue weighted by Gasteiger charge is 2.14. The Balaban J connectivity index is 1.83. The molecule has 25 heavy (non-hydrogen) atoms. The molecule has 0 aliphatic rings. The quantitative estimate of drug-likeness (QED) is 0.525. The third kappa shape index (κ3) is 5.64. The monoisotopic (exact) mass is 382 g/mol. The molecule has 134 valence electrons. The normalized spacial score (nSPS) is 10.4. The lowest BCUT2D eigenvalue weighted by atomic mass is 10.2. The summed E-state index contributed by atoms with van der Waals surface area (Å²) >= 11 is 7.48. The fraction of sp³-hybridized carbons (Fsp3) is 0.333. The Morgan fingerprint density at radius 2 is 2.12 bits per heavy atom. The second-order valence-electron chi connectivity index (χ2n) is 5.33. The predicted molar refractivity (Wildman–Crippen MR) is 98.3 cm³/mol. The molecular formula is C15H19ClN6O2S. The van der Waals surface area contributed by atoms with Crippen molar-refractivity contribution in [2.45, 2.75) is 12.1 Å². The number of H-pyrrole nitrogens is 1. The lowest BCUT2D eigenvalue weighted by Crippen LogP contribution is -2.30. The highest BCUT2D eigenvalue weighted by molar-refractivity contribution is 7.99. The number of carbonyl (C=O) groups excluding carboxylic acids is 2. The minimum atomic E-state index is -0.364. The molecule has 0 aliphatic heterocycles. The van der Waals surface area contributed by atoms with Crippen LogP contribution in [0.25, 0.3) is 0 Å². The molecule has 0 spiro atoms. The summed E-state index contributed by atoms with van der Waals surface area (Å²) in [6, 6.07) is 4.40. The highest BCUT2D eigenvalue weighted by atomic mass is 35.5. The van der Waals surface area contributed by atoms with Gasteiger partial charge >= 0.3 is 6.03 Å². The van der Waals surface area contributed by atoms with Crippen LogP contribution >= 0.6 is 23.4 Å². The van der Waals surface area contributed by atoms with Gasteiger partial charge in [0.15, 0.2) is 0 Å². The summed E-state index contributed by atoms with van der Waals surface area (Å²) in [4.78, 5) is 29.6. The lowest BCUT2D eigenvalue weighted by Gasteiger charge is -2.13. The number of urea groups is 1. The molecule has 1 aromatic heterocycles. The molecule has 0 aliphatic carbocycles. The van der Waals surface area contributed by atoms with Crippen LogP contribution in [0.5, 0.6) is 0 Å². The fourth-order valence-electron chi connectivity index (χ4n) is 1.88. The summed E-state index contributed by atoms with van der Waals surface area (Å²) in [5.74, 6) is 1.15. The molecule has 0 saturated heterocycles. The van der Waals surface area contributed by atoms with Crippen molar-refractivity contribution in [2.24, 2.45) is 0 Å². The van der Waals surface area contributed by atoms with Gasteiger partial charge in [0.1, 0.15) is 5.82 Å². The van der Waals surface area contributed by atoms with Crippen molar-refractivity contribution < 1.29 is 9.59 Å². The number of thioether (sulfide) groups is 1. The van der Waals surface area contributed by atoms with Crippen molar-refractivity contribution in [2.75, 3.05) is 31.7 Å².